The average Bonchev–Trinajstić information content (AvgIpc) is 2.20. The number of rotatable bonds is 4. The average molecular weight is 211 g/mol. The standard InChI is InChI=1S/C11H17NOS/c1-3-4-9-14-11(2)10-12-5-7-13-8-6-12/h1,4,9,11H,5-8,10H2,2H3/b9-4-. The highest BCUT2D eigenvalue weighted by Gasteiger charge is 2.12. The van der Waals surface area contributed by atoms with Crippen LogP contribution in [0.15, 0.2) is 11.5 Å². The summed E-state index contributed by atoms with van der Waals surface area (Å²) < 4.78 is 5.29. The zero-order valence-electron chi connectivity index (χ0n) is 8.61. The number of nitrogens with zero attached hydrogens (tertiary/aromatic N) is 1. The van der Waals surface area contributed by atoms with Gasteiger partial charge < -0.3 is 4.74 Å². The maximum absolute atomic E-state index is 5.29. The van der Waals surface area contributed by atoms with Crippen LogP contribution in [0, 0.1) is 12.3 Å². The second-order valence-electron chi connectivity index (χ2n) is 3.33. The zero-order valence-corrected chi connectivity index (χ0v) is 9.43. The van der Waals surface area contributed by atoms with Crippen molar-refractivity contribution in [2.75, 3.05) is 32.8 Å². The van der Waals surface area contributed by atoms with E-state index in [0.717, 1.165) is 32.8 Å². The van der Waals surface area contributed by atoms with Gasteiger partial charge in [0.05, 0.1) is 13.2 Å². The minimum atomic E-state index is 0.595. The van der Waals surface area contributed by atoms with Crippen LogP contribution in [0.4, 0.5) is 0 Å². The largest absolute Gasteiger partial charge is 0.379 e. The Labute approximate surface area is 90.7 Å². The summed E-state index contributed by atoms with van der Waals surface area (Å²) in [5, 5.41) is 2.59. The molecule has 0 bridgehead atoms. The summed E-state index contributed by atoms with van der Waals surface area (Å²) in [5.74, 6) is 2.49. The molecule has 3 heteroatoms. The van der Waals surface area contributed by atoms with Crippen molar-refractivity contribution < 1.29 is 4.74 Å². The molecule has 1 atom stereocenters. The Bertz CT molecular complexity index is 216. The molecular weight excluding hydrogens is 194 g/mol. The molecule has 78 valence electrons. The van der Waals surface area contributed by atoms with Gasteiger partial charge in [0.1, 0.15) is 0 Å². The van der Waals surface area contributed by atoms with E-state index >= 15 is 0 Å². The molecule has 0 radical (unpaired) electrons. The molecule has 14 heavy (non-hydrogen) atoms. The van der Waals surface area contributed by atoms with E-state index in [1.54, 1.807) is 17.8 Å². The molecule has 0 aliphatic carbocycles. The molecule has 1 aliphatic heterocycles. The summed E-state index contributed by atoms with van der Waals surface area (Å²) in [6.07, 6.45) is 6.87. The monoisotopic (exact) mass is 211 g/mol. The number of terminal acetylenes is 1. The van der Waals surface area contributed by atoms with Crippen molar-refractivity contribution in [3.63, 3.8) is 0 Å². The van der Waals surface area contributed by atoms with Crippen LogP contribution in [-0.4, -0.2) is 43.0 Å². The van der Waals surface area contributed by atoms with Crippen molar-refractivity contribution in [3.05, 3.63) is 11.5 Å². The fourth-order valence-corrected chi connectivity index (χ4v) is 2.13. The third-order valence-corrected chi connectivity index (χ3v) is 3.00. The first-order chi connectivity index (χ1) is 6.83. The Kier molecular flexibility index (Phi) is 5.77. The lowest BCUT2D eigenvalue weighted by atomic mass is 10.3. The molecule has 0 aromatic rings. The Morgan fingerprint density at radius 1 is 1.57 bits per heavy atom. The third-order valence-electron chi connectivity index (χ3n) is 2.09. The molecule has 1 heterocycles. The summed E-state index contributed by atoms with van der Waals surface area (Å²) in [5.41, 5.74) is 0. The SMILES string of the molecule is C#C/C=C\SC(C)CN1CCOCC1. The van der Waals surface area contributed by atoms with Crippen LogP contribution >= 0.6 is 11.8 Å². The first kappa shape index (κ1) is 11.6. The van der Waals surface area contributed by atoms with Crippen molar-refractivity contribution in [3.8, 4) is 12.3 Å². The van der Waals surface area contributed by atoms with Crippen molar-refractivity contribution in [2.45, 2.75) is 12.2 Å². The Morgan fingerprint density at radius 2 is 2.29 bits per heavy atom. The molecule has 1 aliphatic rings. The van der Waals surface area contributed by atoms with E-state index < -0.39 is 0 Å². The molecule has 0 amide bonds. The van der Waals surface area contributed by atoms with Crippen molar-refractivity contribution in [1.29, 1.82) is 0 Å². The van der Waals surface area contributed by atoms with Crippen molar-refractivity contribution >= 4 is 11.8 Å². The molecule has 1 fully saturated rings. The lowest BCUT2D eigenvalue weighted by Crippen LogP contribution is -2.39. The number of allylic oxidation sites excluding steroid dienone is 1. The van der Waals surface area contributed by atoms with Crippen molar-refractivity contribution in [2.24, 2.45) is 0 Å². The lowest BCUT2D eigenvalue weighted by molar-refractivity contribution is 0.0386. The van der Waals surface area contributed by atoms with Crippen LogP contribution in [0.5, 0.6) is 0 Å². The van der Waals surface area contributed by atoms with Crippen LogP contribution in [0.1, 0.15) is 6.92 Å². The van der Waals surface area contributed by atoms with E-state index in [-0.39, 0.29) is 0 Å². The summed E-state index contributed by atoms with van der Waals surface area (Å²) >= 11 is 1.79. The molecule has 0 spiro atoms. The first-order valence-electron chi connectivity index (χ1n) is 4.89. The molecule has 0 saturated carbocycles. The fourth-order valence-electron chi connectivity index (χ4n) is 1.40. The third kappa shape index (κ3) is 4.71. The minimum absolute atomic E-state index is 0.595. The smallest absolute Gasteiger partial charge is 0.0594 e. The second-order valence-corrected chi connectivity index (χ2v) is 4.68. The van der Waals surface area contributed by atoms with Gasteiger partial charge in [-0.1, -0.05) is 12.8 Å². The number of hydrogen-bond donors (Lipinski definition) is 0. The van der Waals surface area contributed by atoms with E-state index in [1.165, 1.54) is 0 Å². The Hall–Kier alpha value is -0.430. The molecule has 1 rings (SSSR count). The second kappa shape index (κ2) is 6.94. The van der Waals surface area contributed by atoms with Gasteiger partial charge in [0.2, 0.25) is 0 Å². The van der Waals surface area contributed by atoms with Crippen LogP contribution in [0.3, 0.4) is 0 Å². The van der Waals surface area contributed by atoms with Crippen LogP contribution in [-0.2, 0) is 4.74 Å². The van der Waals surface area contributed by atoms with Gasteiger partial charge in [0.25, 0.3) is 0 Å². The van der Waals surface area contributed by atoms with Gasteiger partial charge in [-0.15, -0.1) is 18.2 Å². The zero-order chi connectivity index (χ0) is 10.2. The van der Waals surface area contributed by atoms with Gasteiger partial charge in [0.15, 0.2) is 0 Å². The van der Waals surface area contributed by atoms with Gasteiger partial charge in [-0.2, -0.15) is 0 Å². The highest BCUT2D eigenvalue weighted by Crippen LogP contribution is 2.13. The molecule has 0 aromatic carbocycles. The summed E-state index contributed by atoms with van der Waals surface area (Å²) in [4.78, 5) is 2.44. The molecule has 1 saturated heterocycles. The fraction of sp³-hybridized carbons (Fsp3) is 0.636. The maximum Gasteiger partial charge on any atom is 0.0594 e. The van der Waals surface area contributed by atoms with E-state index in [0.29, 0.717) is 5.25 Å². The van der Waals surface area contributed by atoms with Crippen LogP contribution < -0.4 is 0 Å². The van der Waals surface area contributed by atoms with Gasteiger partial charge in [-0.25, -0.2) is 0 Å². The summed E-state index contributed by atoms with van der Waals surface area (Å²) in [6.45, 7) is 7.20. The lowest BCUT2D eigenvalue weighted by Gasteiger charge is -2.28. The predicted octanol–water partition coefficient (Wildman–Crippen LogP) is 1.59. The number of ether oxygens (including phenoxy) is 1. The van der Waals surface area contributed by atoms with Gasteiger partial charge in [0, 0.05) is 24.9 Å². The van der Waals surface area contributed by atoms with E-state index in [9.17, 15) is 0 Å². The van der Waals surface area contributed by atoms with E-state index in [4.69, 9.17) is 11.2 Å². The number of thioether (sulfide) groups is 1. The normalized spacial score (nSPS) is 20.9. The topological polar surface area (TPSA) is 12.5 Å². The molecule has 0 N–H and O–H groups in total. The van der Waals surface area contributed by atoms with Gasteiger partial charge in [-0.05, 0) is 11.5 Å². The highest BCUT2D eigenvalue weighted by atomic mass is 32.2. The van der Waals surface area contributed by atoms with E-state index in [1.807, 2.05) is 5.41 Å². The number of hydrogen-bond acceptors (Lipinski definition) is 3. The predicted molar refractivity (Wildman–Crippen MR) is 62.3 cm³/mol. The molecule has 0 aromatic heterocycles. The maximum atomic E-state index is 5.29. The van der Waals surface area contributed by atoms with Gasteiger partial charge in [-0.3, -0.25) is 4.90 Å². The highest BCUT2D eigenvalue weighted by molar-refractivity contribution is 8.02. The van der Waals surface area contributed by atoms with Crippen molar-refractivity contribution in [1.82, 2.24) is 4.90 Å². The molecule has 1 unspecified atom stereocenters. The Morgan fingerprint density at radius 3 is 2.93 bits per heavy atom. The van der Waals surface area contributed by atoms with Crippen LogP contribution in [0.25, 0.3) is 0 Å². The molecule has 2 nitrogen and oxygen atoms in total. The van der Waals surface area contributed by atoms with Crippen LogP contribution in [0.2, 0.25) is 0 Å². The first-order valence-corrected chi connectivity index (χ1v) is 5.84. The summed E-state index contributed by atoms with van der Waals surface area (Å²) in [7, 11) is 0. The number of morpholine rings is 1. The minimum Gasteiger partial charge on any atom is -0.379 e. The summed E-state index contributed by atoms with van der Waals surface area (Å²) in [6, 6.07) is 0. The Balaban J connectivity index is 2.15. The molecular formula is C11H17NOS. The van der Waals surface area contributed by atoms with E-state index in [2.05, 4.69) is 17.7 Å². The van der Waals surface area contributed by atoms with Gasteiger partial charge >= 0.3 is 0 Å². The quantitative estimate of drug-likeness (QED) is 0.655.